The van der Waals surface area contributed by atoms with E-state index >= 15 is 0 Å². The third kappa shape index (κ3) is 3.49. The maximum Gasteiger partial charge on any atom is 0.243 e. The minimum Gasteiger partial charge on any atom is -0.398 e. The summed E-state index contributed by atoms with van der Waals surface area (Å²) in [5.41, 5.74) is 7.89. The van der Waals surface area contributed by atoms with Crippen LogP contribution >= 0.6 is 0 Å². The van der Waals surface area contributed by atoms with Crippen molar-refractivity contribution in [1.82, 2.24) is 9.62 Å². The van der Waals surface area contributed by atoms with Crippen molar-refractivity contribution in [2.24, 2.45) is 0 Å². The van der Waals surface area contributed by atoms with Crippen molar-refractivity contribution in [2.45, 2.75) is 25.7 Å². The van der Waals surface area contributed by atoms with Gasteiger partial charge in [0.2, 0.25) is 15.9 Å². The molecule has 1 rings (SSSR count). The molecule has 0 atom stereocenters. The van der Waals surface area contributed by atoms with Crippen molar-refractivity contribution >= 4 is 21.6 Å². The van der Waals surface area contributed by atoms with Gasteiger partial charge in [-0.3, -0.25) is 4.79 Å². The van der Waals surface area contributed by atoms with E-state index in [2.05, 4.69) is 5.32 Å². The largest absolute Gasteiger partial charge is 0.398 e. The zero-order chi connectivity index (χ0) is 15.5. The molecule has 7 heteroatoms. The van der Waals surface area contributed by atoms with Crippen molar-refractivity contribution in [3.8, 4) is 0 Å². The zero-order valence-corrected chi connectivity index (χ0v) is 13.0. The summed E-state index contributed by atoms with van der Waals surface area (Å²) in [7, 11) is -2.35. The first-order valence-electron chi connectivity index (χ1n) is 6.30. The zero-order valence-electron chi connectivity index (χ0n) is 12.2. The Hall–Kier alpha value is -1.60. The van der Waals surface area contributed by atoms with Crippen molar-refractivity contribution in [1.29, 1.82) is 0 Å². The molecule has 1 amide bonds. The Kier molecular flexibility index (Phi) is 5.13. The van der Waals surface area contributed by atoms with Gasteiger partial charge in [-0.1, -0.05) is 0 Å². The van der Waals surface area contributed by atoms with Crippen molar-refractivity contribution in [3.05, 3.63) is 23.3 Å². The first kappa shape index (κ1) is 16.5. The number of rotatable bonds is 5. The van der Waals surface area contributed by atoms with Gasteiger partial charge in [-0.25, -0.2) is 8.42 Å². The van der Waals surface area contributed by atoms with Crippen LogP contribution in [0.5, 0.6) is 0 Å². The molecule has 1 aromatic carbocycles. The van der Waals surface area contributed by atoms with E-state index in [1.165, 1.54) is 13.1 Å². The first-order chi connectivity index (χ1) is 9.20. The lowest BCUT2D eigenvalue weighted by Gasteiger charge is -2.18. The predicted octanol–water partition coefficient (Wildman–Crippen LogP) is 0.642. The van der Waals surface area contributed by atoms with Gasteiger partial charge in [0, 0.05) is 19.3 Å². The minimum atomic E-state index is -3.72. The Balaban J connectivity index is 3.07. The second-order valence-corrected chi connectivity index (χ2v) is 6.71. The summed E-state index contributed by atoms with van der Waals surface area (Å²) in [5, 5.41) is 2.56. The van der Waals surface area contributed by atoms with E-state index in [9.17, 15) is 13.2 Å². The van der Waals surface area contributed by atoms with E-state index in [1.54, 1.807) is 19.9 Å². The first-order valence-corrected chi connectivity index (χ1v) is 7.74. The number of sulfonamides is 1. The van der Waals surface area contributed by atoms with Crippen LogP contribution in [0, 0.1) is 13.8 Å². The lowest BCUT2D eigenvalue weighted by molar-refractivity contribution is -0.121. The van der Waals surface area contributed by atoms with Crippen LogP contribution in [0.1, 0.15) is 18.1 Å². The van der Waals surface area contributed by atoms with E-state index in [1.807, 2.05) is 6.92 Å². The number of hydrogen-bond acceptors (Lipinski definition) is 4. The molecule has 0 saturated heterocycles. The topological polar surface area (TPSA) is 92.5 Å². The van der Waals surface area contributed by atoms with Crippen LogP contribution in [0.3, 0.4) is 0 Å². The van der Waals surface area contributed by atoms with E-state index in [4.69, 9.17) is 5.73 Å². The third-order valence-corrected chi connectivity index (χ3v) is 4.91. The van der Waals surface area contributed by atoms with Gasteiger partial charge >= 0.3 is 0 Å². The van der Waals surface area contributed by atoms with Crippen LogP contribution < -0.4 is 11.1 Å². The number of carbonyl (C=O) groups excluding carboxylic acids is 1. The van der Waals surface area contributed by atoms with E-state index in [0.717, 1.165) is 15.4 Å². The number of carbonyl (C=O) groups is 1. The molecule has 0 bridgehead atoms. The van der Waals surface area contributed by atoms with Gasteiger partial charge in [0.1, 0.15) is 0 Å². The summed E-state index contributed by atoms with van der Waals surface area (Å²) in [6, 6.07) is 2.99. The second kappa shape index (κ2) is 6.23. The van der Waals surface area contributed by atoms with E-state index < -0.39 is 10.0 Å². The maximum atomic E-state index is 12.4. The number of likely N-dealkylation sites (N-methyl/N-ethyl adjacent to an activating group) is 2. The van der Waals surface area contributed by atoms with Crippen LogP contribution in [-0.4, -0.2) is 38.8 Å². The second-order valence-electron chi connectivity index (χ2n) is 4.67. The monoisotopic (exact) mass is 299 g/mol. The molecule has 0 aliphatic rings. The Morgan fingerprint density at radius 2 is 1.95 bits per heavy atom. The normalized spacial score (nSPS) is 11.7. The highest BCUT2D eigenvalue weighted by Gasteiger charge is 2.23. The highest BCUT2D eigenvalue weighted by atomic mass is 32.2. The number of nitrogens with one attached hydrogen (secondary N) is 1. The fraction of sp³-hybridized carbons (Fsp3) is 0.462. The number of amides is 1. The summed E-state index contributed by atoms with van der Waals surface area (Å²) in [6.45, 7) is 5.65. The van der Waals surface area contributed by atoms with E-state index in [-0.39, 0.29) is 17.3 Å². The van der Waals surface area contributed by atoms with Crippen LogP contribution in [0.25, 0.3) is 0 Å². The fourth-order valence-electron chi connectivity index (χ4n) is 1.72. The summed E-state index contributed by atoms with van der Waals surface area (Å²) in [6.07, 6.45) is 0. The average Bonchev–Trinajstić information content (AvgIpc) is 2.35. The molecule has 6 nitrogen and oxygen atoms in total. The molecular formula is C13H21N3O3S. The molecule has 0 fully saturated rings. The molecule has 0 unspecified atom stereocenters. The molecule has 20 heavy (non-hydrogen) atoms. The SMILES string of the molecule is CCNC(=O)CN(C)S(=O)(=O)c1cc(C)c(C)c(N)c1. The van der Waals surface area contributed by atoms with Crippen LogP contribution in [0.2, 0.25) is 0 Å². The van der Waals surface area contributed by atoms with Gasteiger partial charge in [0.05, 0.1) is 11.4 Å². The van der Waals surface area contributed by atoms with Gasteiger partial charge in [0.25, 0.3) is 0 Å². The van der Waals surface area contributed by atoms with Crippen molar-refractivity contribution < 1.29 is 13.2 Å². The molecule has 0 aliphatic heterocycles. The highest BCUT2D eigenvalue weighted by molar-refractivity contribution is 7.89. The number of nitrogens with two attached hydrogens (primary N) is 1. The Labute approximate surface area is 120 Å². The maximum absolute atomic E-state index is 12.4. The molecular weight excluding hydrogens is 278 g/mol. The highest BCUT2D eigenvalue weighted by Crippen LogP contribution is 2.23. The lowest BCUT2D eigenvalue weighted by Crippen LogP contribution is -2.38. The number of aryl methyl sites for hydroxylation is 1. The van der Waals surface area contributed by atoms with E-state index in [0.29, 0.717) is 12.2 Å². The molecule has 0 aromatic heterocycles. The van der Waals surface area contributed by atoms with Crippen molar-refractivity contribution in [2.75, 3.05) is 25.9 Å². The standard InChI is InChI=1S/C13H21N3O3S/c1-5-15-13(17)8-16(4)20(18,19)11-6-9(2)10(3)12(14)7-11/h6-7H,5,8,14H2,1-4H3,(H,15,17). The van der Waals surface area contributed by atoms with Crippen LogP contribution in [-0.2, 0) is 14.8 Å². The predicted molar refractivity (Wildman–Crippen MR) is 78.8 cm³/mol. The lowest BCUT2D eigenvalue weighted by atomic mass is 10.1. The van der Waals surface area contributed by atoms with Crippen LogP contribution in [0.4, 0.5) is 5.69 Å². The molecule has 3 N–H and O–H groups in total. The van der Waals surface area contributed by atoms with Crippen LogP contribution in [0.15, 0.2) is 17.0 Å². The van der Waals surface area contributed by atoms with Crippen molar-refractivity contribution in [3.63, 3.8) is 0 Å². The smallest absolute Gasteiger partial charge is 0.243 e. The number of anilines is 1. The minimum absolute atomic E-state index is 0.102. The fourth-order valence-corrected chi connectivity index (χ4v) is 2.97. The van der Waals surface area contributed by atoms with Gasteiger partial charge in [0.15, 0.2) is 0 Å². The molecule has 0 spiro atoms. The quantitative estimate of drug-likeness (QED) is 0.780. The van der Waals surface area contributed by atoms with Gasteiger partial charge < -0.3 is 11.1 Å². The molecule has 0 saturated carbocycles. The molecule has 0 aliphatic carbocycles. The third-order valence-electron chi connectivity index (χ3n) is 3.13. The summed E-state index contributed by atoms with van der Waals surface area (Å²) in [4.78, 5) is 11.6. The molecule has 112 valence electrons. The Bertz CT molecular complexity index is 588. The summed E-state index contributed by atoms with van der Waals surface area (Å²) < 4.78 is 25.8. The van der Waals surface area contributed by atoms with Gasteiger partial charge in [-0.15, -0.1) is 0 Å². The van der Waals surface area contributed by atoms with Gasteiger partial charge in [-0.2, -0.15) is 4.31 Å². The Morgan fingerprint density at radius 1 is 1.35 bits per heavy atom. The summed E-state index contributed by atoms with van der Waals surface area (Å²) in [5.74, 6) is -0.338. The number of hydrogen-bond donors (Lipinski definition) is 2. The number of benzene rings is 1. The van der Waals surface area contributed by atoms with Gasteiger partial charge in [-0.05, 0) is 44.0 Å². The Morgan fingerprint density at radius 3 is 2.45 bits per heavy atom. The molecule has 1 aromatic rings. The molecule has 0 radical (unpaired) electrons. The number of nitrogens with zero attached hydrogens (tertiary/aromatic N) is 1. The summed E-state index contributed by atoms with van der Waals surface area (Å²) >= 11 is 0. The molecule has 0 heterocycles. The average molecular weight is 299 g/mol. The number of nitrogen functional groups attached to an aromatic ring is 1.